The summed E-state index contributed by atoms with van der Waals surface area (Å²) in [4.78, 5) is 47.9. The first-order valence-electron chi connectivity index (χ1n) is 13.3. The predicted molar refractivity (Wildman–Crippen MR) is 141 cm³/mol. The molecule has 0 radical (unpaired) electrons. The van der Waals surface area contributed by atoms with E-state index < -0.39 is 41.8 Å². The zero-order valence-corrected chi connectivity index (χ0v) is 22.4. The molecule has 11 heteroatoms. The lowest BCUT2D eigenvalue weighted by Crippen LogP contribution is -2.57. The molecule has 0 bridgehead atoms. The molecule has 1 fully saturated rings. The highest BCUT2D eigenvalue weighted by molar-refractivity contribution is 5.95. The summed E-state index contributed by atoms with van der Waals surface area (Å²) in [5.74, 6) is -1.58. The van der Waals surface area contributed by atoms with E-state index in [1.54, 1.807) is 0 Å². The number of carbonyl (C=O) groups excluding carboxylic acids is 2. The number of benzene rings is 1. The second-order valence-corrected chi connectivity index (χ2v) is 10.1. The monoisotopic (exact) mass is 532 g/mol. The number of rotatable bonds is 13. The lowest BCUT2D eigenvalue weighted by Gasteiger charge is -2.32. The first kappa shape index (κ1) is 29.4. The summed E-state index contributed by atoms with van der Waals surface area (Å²) in [6.45, 7) is 5.83. The van der Waals surface area contributed by atoms with Crippen molar-refractivity contribution in [1.29, 1.82) is 0 Å². The average Bonchev–Trinajstić information content (AvgIpc) is 3.20. The van der Waals surface area contributed by atoms with E-state index in [4.69, 9.17) is 9.57 Å². The van der Waals surface area contributed by atoms with Crippen LogP contribution in [0.4, 0.5) is 0 Å². The van der Waals surface area contributed by atoms with Crippen LogP contribution in [0.25, 0.3) is 0 Å². The summed E-state index contributed by atoms with van der Waals surface area (Å²) >= 11 is 0. The van der Waals surface area contributed by atoms with Crippen LogP contribution in [0.1, 0.15) is 83.1 Å². The molecule has 3 atom stereocenters. The third kappa shape index (κ3) is 7.92. The van der Waals surface area contributed by atoms with Gasteiger partial charge in [0.1, 0.15) is 11.7 Å². The summed E-state index contributed by atoms with van der Waals surface area (Å²) in [5, 5.41) is 21.9. The third-order valence-electron chi connectivity index (χ3n) is 6.51. The van der Waals surface area contributed by atoms with Crippen LogP contribution in [-0.2, 0) is 25.6 Å². The number of imidazole rings is 1. The fourth-order valence-electron chi connectivity index (χ4n) is 4.38. The second kappa shape index (κ2) is 14.1. The predicted octanol–water partition coefficient (Wildman–Crippen LogP) is 2.80. The highest BCUT2D eigenvalue weighted by Gasteiger charge is 2.35. The van der Waals surface area contributed by atoms with Crippen LogP contribution in [0.3, 0.4) is 0 Å². The standard InChI is InChI=1S/C27H40N4O7/c1-18(2)15-16-22(33)30(31-26(35)24(19(3)32)28-27(31)36)21(13-9-12-20-10-5-4-6-11-20)25(34)29-38-23-14-7-8-17-37-23/h4-6,10-11,18-19,21,23,32,35H,7-9,12-17H2,1-3H3,(H,28,36)(H,29,34)/t19-,21+,23-/m1/s1. The third-order valence-corrected chi connectivity index (χ3v) is 6.51. The van der Waals surface area contributed by atoms with Crippen molar-refractivity contribution in [2.45, 2.75) is 90.6 Å². The van der Waals surface area contributed by atoms with Crippen molar-refractivity contribution >= 4 is 11.8 Å². The first-order chi connectivity index (χ1) is 18.2. The number of aliphatic hydroxyl groups is 1. The molecule has 2 aromatic rings. The van der Waals surface area contributed by atoms with Crippen molar-refractivity contribution in [3.63, 3.8) is 0 Å². The molecule has 0 aliphatic carbocycles. The molecule has 0 unspecified atom stereocenters. The lowest BCUT2D eigenvalue weighted by molar-refractivity contribution is -0.201. The maximum absolute atomic E-state index is 13.5. The van der Waals surface area contributed by atoms with Gasteiger partial charge in [-0.15, -0.1) is 0 Å². The van der Waals surface area contributed by atoms with Crippen molar-refractivity contribution in [2.24, 2.45) is 5.92 Å². The Hall–Kier alpha value is -3.15. The molecule has 0 spiro atoms. The molecule has 1 aromatic heterocycles. The Morgan fingerprint density at radius 1 is 1.21 bits per heavy atom. The van der Waals surface area contributed by atoms with Crippen molar-refractivity contribution in [3.8, 4) is 5.88 Å². The number of carbonyl (C=O) groups is 2. The van der Waals surface area contributed by atoms with Crippen LogP contribution in [0.15, 0.2) is 35.1 Å². The average molecular weight is 533 g/mol. The molecule has 11 nitrogen and oxygen atoms in total. The minimum Gasteiger partial charge on any atom is -0.492 e. The van der Waals surface area contributed by atoms with Crippen molar-refractivity contribution < 1.29 is 29.4 Å². The number of aliphatic hydroxyl groups excluding tert-OH is 1. The Labute approximate surface area is 222 Å². The van der Waals surface area contributed by atoms with Crippen LogP contribution in [0.2, 0.25) is 0 Å². The maximum Gasteiger partial charge on any atom is 0.348 e. The number of aromatic nitrogens is 2. The summed E-state index contributed by atoms with van der Waals surface area (Å²) < 4.78 is 6.27. The smallest absolute Gasteiger partial charge is 0.348 e. The molecule has 2 heterocycles. The zero-order valence-electron chi connectivity index (χ0n) is 22.4. The Morgan fingerprint density at radius 3 is 2.55 bits per heavy atom. The SMILES string of the molecule is CC(C)CCC(=O)N([C@@H](CCCc1ccccc1)C(=O)NO[C@@H]1CCCCO1)n1c(O)c([C@@H](C)O)[nH]c1=O. The number of nitrogens with zero attached hydrogens (tertiary/aromatic N) is 2. The summed E-state index contributed by atoms with van der Waals surface area (Å²) in [6, 6.07) is 8.54. The quantitative estimate of drug-likeness (QED) is 0.290. The number of hydroxylamine groups is 1. The maximum atomic E-state index is 13.5. The molecular formula is C27H40N4O7. The highest BCUT2D eigenvalue weighted by Crippen LogP contribution is 2.23. The molecule has 0 saturated carbocycles. The van der Waals surface area contributed by atoms with Gasteiger partial charge >= 0.3 is 5.69 Å². The van der Waals surface area contributed by atoms with Crippen LogP contribution in [0, 0.1) is 5.92 Å². The van der Waals surface area contributed by atoms with Gasteiger partial charge < -0.3 is 19.9 Å². The summed E-state index contributed by atoms with van der Waals surface area (Å²) in [6.07, 6.45) is 2.52. The second-order valence-electron chi connectivity index (χ2n) is 10.1. The fourth-order valence-corrected chi connectivity index (χ4v) is 4.38. The Morgan fingerprint density at radius 2 is 1.95 bits per heavy atom. The van der Waals surface area contributed by atoms with Gasteiger partial charge in [0, 0.05) is 19.4 Å². The lowest BCUT2D eigenvalue weighted by atomic mass is 10.0. The van der Waals surface area contributed by atoms with E-state index in [0.717, 1.165) is 28.1 Å². The number of hydrogen-bond donors (Lipinski definition) is 4. The number of nitrogens with one attached hydrogen (secondary N) is 2. The molecular weight excluding hydrogens is 492 g/mol. The molecule has 1 aliphatic rings. The molecule has 1 aliphatic heterocycles. The molecule has 4 N–H and O–H groups in total. The van der Waals surface area contributed by atoms with Crippen LogP contribution in [-0.4, -0.2) is 50.6 Å². The van der Waals surface area contributed by atoms with Crippen LogP contribution >= 0.6 is 0 Å². The van der Waals surface area contributed by atoms with Gasteiger partial charge in [0.2, 0.25) is 11.8 Å². The Kier molecular flexibility index (Phi) is 10.9. The van der Waals surface area contributed by atoms with E-state index in [2.05, 4.69) is 10.5 Å². The highest BCUT2D eigenvalue weighted by atomic mass is 16.8. The van der Waals surface area contributed by atoms with Gasteiger partial charge in [-0.2, -0.15) is 4.68 Å². The van der Waals surface area contributed by atoms with Gasteiger partial charge in [0.15, 0.2) is 6.29 Å². The van der Waals surface area contributed by atoms with Gasteiger partial charge in [-0.1, -0.05) is 44.2 Å². The molecule has 38 heavy (non-hydrogen) atoms. The van der Waals surface area contributed by atoms with Gasteiger partial charge in [0.25, 0.3) is 5.91 Å². The normalized spacial score (nSPS) is 17.2. The van der Waals surface area contributed by atoms with E-state index >= 15 is 0 Å². The van der Waals surface area contributed by atoms with Gasteiger partial charge in [-0.05, 0) is 56.9 Å². The summed E-state index contributed by atoms with van der Waals surface area (Å²) in [5.41, 5.74) is 2.50. The van der Waals surface area contributed by atoms with E-state index in [9.17, 15) is 24.6 Å². The largest absolute Gasteiger partial charge is 0.492 e. The number of hydrogen-bond acceptors (Lipinski definition) is 7. The van der Waals surface area contributed by atoms with Crippen LogP contribution < -0.4 is 16.2 Å². The van der Waals surface area contributed by atoms with Crippen LogP contribution in [0.5, 0.6) is 5.88 Å². The Balaban J connectivity index is 1.93. The molecule has 3 rings (SSSR count). The molecule has 2 amide bonds. The minimum atomic E-state index is -1.20. The van der Waals surface area contributed by atoms with Gasteiger partial charge in [0.05, 0.1) is 6.10 Å². The van der Waals surface area contributed by atoms with Crippen molar-refractivity contribution in [2.75, 3.05) is 11.6 Å². The topological polar surface area (TPSA) is 146 Å². The molecule has 210 valence electrons. The summed E-state index contributed by atoms with van der Waals surface area (Å²) in [7, 11) is 0. The Bertz CT molecular complexity index is 1090. The number of ether oxygens (including phenoxy) is 1. The van der Waals surface area contributed by atoms with Gasteiger partial charge in [-0.25, -0.2) is 20.1 Å². The van der Waals surface area contributed by atoms with Crippen molar-refractivity contribution in [3.05, 3.63) is 52.1 Å². The van der Waals surface area contributed by atoms with E-state index in [1.807, 2.05) is 44.2 Å². The number of aromatic amines is 1. The number of amides is 2. The fraction of sp³-hybridized carbons (Fsp3) is 0.593. The minimum absolute atomic E-state index is 0.0494. The van der Waals surface area contributed by atoms with E-state index in [0.29, 0.717) is 32.3 Å². The zero-order chi connectivity index (χ0) is 27.7. The molecule has 1 saturated heterocycles. The first-order valence-corrected chi connectivity index (χ1v) is 13.3. The number of aromatic hydroxyl groups is 1. The van der Waals surface area contributed by atoms with Crippen molar-refractivity contribution in [1.82, 2.24) is 15.1 Å². The van der Waals surface area contributed by atoms with Gasteiger partial charge in [-0.3, -0.25) is 9.59 Å². The number of aryl methyl sites for hydroxylation is 1. The van der Waals surface area contributed by atoms with E-state index in [-0.39, 0.29) is 24.5 Å². The number of H-pyrrole nitrogens is 1. The molecule has 1 aromatic carbocycles. The van der Waals surface area contributed by atoms with E-state index in [1.165, 1.54) is 6.92 Å².